The average molecular weight is 351 g/mol. The van der Waals surface area contributed by atoms with Gasteiger partial charge in [-0.1, -0.05) is 12.8 Å². The Morgan fingerprint density at radius 3 is 2.88 bits per heavy atom. The summed E-state index contributed by atoms with van der Waals surface area (Å²) in [6.07, 6.45) is 6.94. The van der Waals surface area contributed by atoms with E-state index < -0.39 is 0 Å². The number of H-pyrrole nitrogens is 1. The molecular weight excluding hydrogens is 330 g/mol. The van der Waals surface area contributed by atoms with Gasteiger partial charge in [0.1, 0.15) is 11.6 Å². The first-order valence-electron chi connectivity index (χ1n) is 9.07. The van der Waals surface area contributed by atoms with Crippen molar-refractivity contribution in [2.45, 2.75) is 51.6 Å². The summed E-state index contributed by atoms with van der Waals surface area (Å²) < 4.78 is 2.00. The lowest BCUT2D eigenvalue weighted by atomic mass is 10.0. The molecule has 0 radical (unpaired) electrons. The van der Waals surface area contributed by atoms with Crippen molar-refractivity contribution >= 4 is 5.91 Å². The van der Waals surface area contributed by atoms with Crippen LogP contribution < -0.4 is 5.56 Å². The molecule has 0 unspecified atom stereocenters. The number of nitriles is 1. The summed E-state index contributed by atoms with van der Waals surface area (Å²) in [5, 5.41) is 13.5. The number of aromatic amines is 1. The second-order valence-electron chi connectivity index (χ2n) is 7.13. The van der Waals surface area contributed by atoms with Gasteiger partial charge in [0.2, 0.25) is 0 Å². The summed E-state index contributed by atoms with van der Waals surface area (Å²) in [5.74, 6) is -0.0397. The van der Waals surface area contributed by atoms with E-state index in [0.29, 0.717) is 31.1 Å². The Balaban J connectivity index is 1.58. The first-order chi connectivity index (χ1) is 12.6. The molecule has 7 heteroatoms. The van der Waals surface area contributed by atoms with Crippen LogP contribution in [0.3, 0.4) is 0 Å². The second kappa shape index (κ2) is 6.45. The first-order valence-corrected chi connectivity index (χ1v) is 9.07. The zero-order valence-corrected chi connectivity index (χ0v) is 14.8. The molecule has 2 aliphatic rings. The maximum atomic E-state index is 13.0. The van der Waals surface area contributed by atoms with Crippen molar-refractivity contribution in [2.75, 3.05) is 6.54 Å². The summed E-state index contributed by atoms with van der Waals surface area (Å²) in [5.41, 5.74) is 2.94. The highest BCUT2D eigenvalue weighted by Crippen LogP contribution is 2.31. The first kappa shape index (κ1) is 16.6. The molecule has 1 aliphatic carbocycles. The normalized spacial score (nSPS) is 17.2. The van der Waals surface area contributed by atoms with Crippen LogP contribution >= 0.6 is 0 Å². The quantitative estimate of drug-likeness (QED) is 0.896. The lowest BCUT2D eigenvalue weighted by molar-refractivity contribution is 0.0732. The van der Waals surface area contributed by atoms with Gasteiger partial charge in [-0.05, 0) is 31.4 Å². The summed E-state index contributed by atoms with van der Waals surface area (Å²) >= 11 is 0. The SMILES string of the molecule is Cc1c(C(=O)N2CCc3[nH]c(=O)c(C#N)cc3C2)cnn1C1CCCC1. The lowest BCUT2D eigenvalue weighted by Crippen LogP contribution is -2.37. The molecule has 1 amide bonds. The maximum absolute atomic E-state index is 13.0. The molecule has 0 saturated heterocycles. The van der Waals surface area contributed by atoms with Gasteiger partial charge in [0.05, 0.1) is 17.8 Å². The van der Waals surface area contributed by atoms with Gasteiger partial charge in [0, 0.05) is 30.9 Å². The Morgan fingerprint density at radius 1 is 1.38 bits per heavy atom. The number of pyridine rings is 1. The summed E-state index contributed by atoms with van der Waals surface area (Å²) in [6.45, 7) is 2.90. The molecule has 134 valence electrons. The molecule has 2 aromatic heterocycles. The number of aromatic nitrogens is 3. The second-order valence-corrected chi connectivity index (χ2v) is 7.13. The minimum Gasteiger partial charge on any atom is -0.334 e. The molecule has 1 saturated carbocycles. The molecule has 3 heterocycles. The fourth-order valence-corrected chi connectivity index (χ4v) is 4.08. The molecule has 1 aliphatic heterocycles. The van der Waals surface area contributed by atoms with E-state index >= 15 is 0 Å². The number of fused-ring (bicyclic) bond motifs is 1. The van der Waals surface area contributed by atoms with Gasteiger partial charge in [-0.3, -0.25) is 14.3 Å². The van der Waals surface area contributed by atoms with Crippen LogP contribution in [0.5, 0.6) is 0 Å². The average Bonchev–Trinajstić information content (AvgIpc) is 3.29. The van der Waals surface area contributed by atoms with Gasteiger partial charge in [-0.2, -0.15) is 10.4 Å². The predicted molar refractivity (Wildman–Crippen MR) is 94.7 cm³/mol. The minimum absolute atomic E-state index is 0.0397. The van der Waals surface area contributed by atoms with E-state index in [2.05, 4.69) is 10.1 Å². The van der Waals surface area contributed by atoms with Crippen molar-refractivity contribution < 1.29 is 4.79 Å². The maximum Gasteiger partial charge on any atom is 0.266 e. The number of hydrogen-bond donors (Lipinski definition) is 1. The van der Waals surface area contributed by atoms with Crippen LogP contribution in [0.1, 0.15) is 64.6 Å². The smallest absolute Gasteiger partial charge is 0.266 e. The van der Waals surface area contributed by atoms with Crippen LogP contribution in [0.4, 0.5) is 0 Å². The van der Waals surface area contributed by atoms with Crippen molar-refractivity contribution in [3.8, 4) is 6.07 Å². The third-order valence-corrected chi connectivity index (χ3v) is 5.56. The van der Waals surface area contributed by atoms with Gasteiger partial charge >= 0.3 is 0 Å². The Hall–Kier alpha value is -2.88. The van der Waals surface area contributed by atoms with Gasteiger partial charge in [0.15, 0.2) is 0 Å². The van der Waals surface area contributed by atoms with Crippen LogP contribution in [-0.4, -0.2) is 32.1 Å². The predicted octanol–water partition coefficient (Wildman–Crippen LogP) is 2.07. The lowest BCUT2D eigenvalue weighted by Gasteiger charge is -2.28. The third kappa shape index (κ3) is 2.71. The van der Waals surface area contributed by atoms with E-state index in [1.807, 2.05) is 17.7 Å². The van der Waals surface area contributed by atoms with Crippen molar-refractivity contribution in [3.05, 3.63) is 50.7 Å². The highest BCUT2D eigenvalue weighted by Gasteiger charge is 2.27. The minimum atomic E-state index is -0.361. The van der Waals surface area contributed by atoms with E-state index in [0.717, 1.165) is 29.8 Å². The molecule has 0 atom stereocenters. The Bertz CT molecular complexity index is 959. The summed E-state index contributed by atoms with van der Waals surface area (Å²) in [6, 6.07) is 3.91. The molecule has 0 aromatic carbocycles. The van der Waals surface area contributed by atoms with E-state index in [1.165, 1.54) is 12.8 Å². The van der Waals surface area contributed by atoms with Gasteiger partial charge in [-0.15, -0.1) is 0 Å². The molecule has 7 nitrogen and oxygen atoms in total. The fourth-order valence-electron chi connectivity index (χ4n) is 4.08. The number of rotatable bonds is 2. The molecule has 0 bridgehead atoms. The molecule has 1 fully saturated rings. The van der Waals surface area contributed by atoms with E-state index in [4.69, 9.17) is 5.26 Å². The zero-order chi connectivity index (χ0) is 18.3. The van der Waals surface area contributed by atoms with Crippen molar-refractivity contribution in [3.63, 3.8) is 0 Å². The molecule has 4 rings (SSSR count). The van der Waals surface area contributed by atoms with Crippen molar-refractivity contribution in [2.24, 2.45) is 0 Å². The molecule has 1 N–H and O–H groups in total. The number of nitrogens with zero attached hydrogens (tertiary/aromatic N) is 4. The fraction of sp³-hybridized carbons (Fsp3) is 0.474. The summed E-state index contributed by atoms with van der Waals surface area (Å²) in [7, 11) is 0. The van der Waals surface area contributed by atoms with Crippen molar-refractivity contribution in [1.82, 2.24) is 19.7 Å². The highest BCUT2D eigenvalue weighted by molar-refractivity contribution is 5.95. The third-order valence-electron chi connectivity index (χ3n) is 5.56. The van der Waals surface area contributed by atoms with Crippen molar-refractivity contribution in [1.29, 1.82) is 5.26 Å². The van der Waals surface area contributed by atoms with E-state index in [9.17, 15) is 9.59 Å². The largest absolute Gasteiger partial charge is 0.334 e. The van der Waals surface area contributed by atoms with Gasteiger partial charge < -0.3 is 9.88 Å². The molecule has 0 spiro atoms. The number of nitrogens with one attached hydrogen (secondary N) is 1. The highest BCUT2D eigenvalue weighted by atomic mass is 16.2. The molecular formula is C19H21N5O2. The monoisotopic (exact) mass is 351 g/mol. The van der Waals surface area contributed by atoms with Gasteiger partial charge in [0.25, 0.3) is 11.5 Å². The Labute approximate surface area is 151 Å². The standard InChI is InChI=1S/C19H21N5O2/c1-12-16(10-21-24(12)15-4-2-3-5-15)19(26)23-7-6-17-14(11-23)8-13(9-20)18(25)22-17/h8,10,15H,2-7,11H2,1H3,(H,22,25). The zero-order valence-electron chi connectivity index (χ0n) is 14.8. The van der Waals surface area contributed by atoms with E-state index in [-0.39, 0.29) is 17.0 Å². The number of hydrogen-bond acceptors (Lipinski definition) is 4. The van der Waals surface area contributed by atoms with Crippen LogP contribution in [0, 0.1) is 18.3 Å². The summed E-state index contributed by atoms with van der Waals surface area (Å²) in [4.78, 5) is 29.3. The van der Waals surface area contributed by atoms with Crippen LogP contribution in [-0.2, 0) is 13.0 Å². The van der Waals surface area contributed by atoms with Crippen LogP contribution in [0.15, 0.2) is 17.1 Å². The Morgan fingerprint density at radius 2 is 2.15 bits per heavy atom. The Kier molecular flexibility index (Phi) is 4.11. The number of amides is 1. The van der Waals surface area contributed by atoms with Crippen LogP contribution in [0.25, 0.3) is 0 Å². The molecule has 2 aromatic rings. The number of carbonyl (C=O) groups is 1. The van der Waals surface area contributed by atoms with Gasteiger partial charge in [-0.25, -0.2) is 0 Å². The topological polar surface area (TPSA) is 94.8 Å². The number of carbonyl (C=O) groups excluding carboxylic acids is 1. The van der Waals surface area contributed by atoms with Crippen LogP contribution in [0.2, 0.25) is 0 Å². The van der Waals surface area contributed by atoms with E-state index in [1.54, 1.807) is 17.2 Å². The molecule has 26 heavy (non-hydrogen) atoms.